The van der Waals surface area contributed by atoms with Crippen molar-refractivity contribution in [2.45, 2.75) is 69.6 Å². The summed E-state index contributed by atoms with van der Waals surface area (Å²) in [6.45, 7) is 1.28. The summed E-state index contributed by atoms with van der Waals surface area (Å²) in [6, 6.07) is 1.34. The Bertz CT molecular complexity index is 223. The topological polar surface area (TPSA) is 23.5 Å². The molecule has 86 valence electrons. The Labute approximate surface area is 92.7 Å². The van der Waals surface area contributed by atoms with Gasteiger partial charge >= 0.3 is 0 Å². The van der Waals surface area contributed by atoms with Gasteiger partial charge in [-0.1, -0.05) is 12.8 Å². The van der Waals surface area contributed by atoms with Gasteiger partial charge in [0.1, 0.15) is 0 Å². The van der Waals surface area contributed by atoms with Crippen molar-refractivity contribution >= 4 is 0 Å². The third kappa shape index (κ3) is 2.36. The molecule has 3 aliphatic carbocycles. The fraction of sp³-hybridized carbons (Fsp3) is 1.00. The molecule has 15 heavy (non-hydrogen) atoms. The van der Waals surface area contributed by atoms with Crippen LogP contribution in [-0.4, -0.2) is 34.7 Å². The van der Waals surface area contributed by atoms with Crippen LogP contribution in [0.25, 0.3) is 0 Å². The second-order valence-electron chi connectivity index (χ2n) is 5.79. The van der Waals surface area contributed by atoms with Gasteiger partial charge in [0.25, 0.3) is 0 Å². The second-order valence-corrected chi connectivity index (χ2v) is 5.79. The first kappa shape index (κ1) is 10.1. The summed E-state index contributed by atoms with van der Waals surface area (Å²) in [7, 11) is 0. The maximum absolute atomic E-state index is 10.1. The largest absolute Gasteiger partial charge is 0.391 e. The summed E-state index contributed by atoms with van der Waals surface area (Å²) in [6.07, 6.45) is 10.5. The van der Waals surface area contributed by atoms with E-state index in [1.165, 1.54) is 51.5 Å². The molecule has 3 saturated carbocycles. The van der Waals surface area contributed by atoms with E-state index in [-0.39, 0.29) is 6.10 Å². The third-order valence-electron chi connectivity index (χ3n) is 4.30. The van der Waals surface area contributed by atoms with Crippen LogP contribution in [0.5, 0.6) is 0 Å². The molecule has 2 nitrogen and oxygen atoms in total. The SMILES string of the molecule is O[C@@H]1CCCC[C@H]1N(CC1CC1)C1CC1. The van der Waals surface area contributed by atoms with Gasteiger partial charge in [-0.05, 0) is 44.4 Å². The number of aliphatic hydroxyl groups is 1. The normalized spacial score (nSPS) is 37.2. The molecule has 0 amide bonds. The predicted molar refractivity (Wildman–Crippen MR) is 60.7 cm³/mol. The summed E-state index contributed by atoms with van der Waals surface area (Å²) in [5, 5.41) is 10.1. The molecule has 2 atom stereocenters. The molecule has 0 aromatic heterocycles. The Kier molecular flexibility index (Phi) is 2.73. The Hall–Kier alpha value is -0.0800. The van der Waals surface area contributed by atoms with Gasteiger partial charge in [-0.2, -0.15) is 0 Å². The number of hydrogen-bond donors (Lipinski definition) is 1. The maximum Gasteiger partial charge on any atom is 0.0695 e. The van der Waals surface area contributed by atoms with Crippen LogP contribution in [0.2, 0.25) is 0 Å². The summed E-state index contributed by atoms with van der Waals surface area (Å²) >= 11 is 0. The van der Waals surface area contributed by atoms with Crippen LogP contribution in [0.3, 0.4) is 0 Å². The molecule has 0 bridgehead atoms. The molecule has 2 heteroatoms. The van der Waals surface area contributed by atoms with Gasteiger partial charge in [-0.25, -0.2) is 0 Å². The smallest absolute Gasteiger partial charge is 0.0695 e. The molecular weight excluding hydrogens is 186 g/mol. The molecule has 0 radical (unpaired) electrons. The molecule has 0 aromatic rings. The standard InChI is InChI=1S/C13H23NO/c15-13-4-2-1-3-12(13)14(11-7-8-11)9-10-5-6-10/h10-13,15H,1-9H2/t12-,13-/m1/s1. The lowest BCUT2D eigenvalue weighted by Gasteiger charge is -2.38. The van der Waals surface area contributed by atoms with Gasteiger partial charge in [0.2, 0.25) is 0 Å². The summed E-state index contributed by atoms with van der Waals surface area (Å²) in [4.78, 5) is 2.67. The molecule has 1 N–H and O–H groups in total. The number of aliphatic hydroxyl groups excluding tert-OH is 1. The quantitative estimate of drug-likeness (QED) is 0.767. The first-order valence-electron chi connectivity index (χ1n) is 6.78. The highest BCUT2D eigenvalue weighted by molar-refractivity contribution is 4.95. The molecule has 3 rings (SSSR count). The molecule has 0 heterocycles. The van der Waals surface area contributed by atoms with Gasteiger partial charge in [-0.15, -0.1) is 0 Å². The van der Waals surface area contributed by atoms with Gasteiger partial charge < -0.3 is 5.11 Å². The van der Waals surface area contributed by atoms with Crippen LogP contribution in [0.4, 0.5) is 0 Å². The van der Waals surface area contributed by atoms with Gasteiger partial charge in [0.15, 0.2) is 0 Å². The van der Waals surface area contributed by atoms with E-state index in [1.54, 1.807) is 0 Å². The number of hydrogen-bond acceptors (Lipinski definition) is 2. The van der Waals surface area contributed by atoms with Crippen LogP contribution in [-0.2, 0) is 0 Å². The van der Waals surface area contributed by atoms with Gasteiger partial charge in [0, 0.05) is 18.6 Å². The van der Waals surface area contributed by atoms with E-state index in [4.69, 9.17) is 0 Å². The van der Waals surface area contributed by atoms with E-state index in [9.17, 15) is 5.11 Å². The van der Waals surface area contributed by atoms with E-state index in [1.807, 2.05) is 0 Å². The minimum Gasteiger partial charge on any atom is -0.391 e. The Morgan fingerprint density at radius 3 is 2.27 bits per heavy atom. The van der Waals surface area contributed by atoms with Crippen LogP contribution >= 0.6 is 0 Å². The zero-order chi connectivity index (χ0) is 10.3. The fourth-order valence-electron chi connectivity index (χ4n) is 3.04. The summed E-state index contributed by atoms with van der Waals surface area (Å²) < 4.78 is 0. The maximum atomic E-state index is 10.1. The summed E-state index contributed by atoms with van der Waals surface area (Å²) in [5.74, 6) is 0.972. The van der Waals surface area contributed by atoms with E-state index < -0.39 is 0 Å². The molecule has 3 fully saturated rings. The minimum absolute atomic E-state index is 0.0295. The highest BCUT2D eigenvalue weighted by Crippen LogP contribution is 2.38. The molecule has 3 aliphatic rings. The lowest BCUT2D eigenvalue weighted by Crippen LogP contribution is -2.47. The van der Waals surface area contributed by atoms with Gasteiger partial charge in [0.05, 0.1) is 6.10 Å². The minimum atomic E-state index is -0.0295. The molecule has 0 saturated heterocycles. The van der Waals surface area contributed by atoms with Gasteiger partial charge in [-0.3, -0.25) is 4.90 Å². The lowest BCUT2D eigenvalue weighted by atomic mass is 9.91. The van der Waals surface area contributed by atoms with Crippen molar-refractivity contribution in [1.29, 1.82) is 0 Å². The van der Waals surface area contributed by atoms with Crippen LogP contribution < -0.4 is 0 Å². The van der Waals surface area contributed by atoms with Crippen LogP contribution in [0, 0.1) is 5.92 Å². The molecule has 0 aromatic carbocycles. The lowest BCUT2D eigenvalue weighted by molar-refractivity contribution is 0.0132. The van der Waals surface area contributed by atoms with Crippen molar-refractivity contribution < 1.29 is 5.11 Å². The average Bonchev–Trinajstić information content (AvgIpc) is 3.10. The first-order chi connectivity index (χ1) is 7.34. The van der Waals surface area contributed by atoms with Crippen LogP contribution in [0.1, 0.15) is 51.4 Å². The third-order valence-corrected chi connectivity index (χ3v) is 4.30. The van der Waals surface area contributed by atoms with Crippen molar-refractivity contribution in [2.24, 2.45) is 5.92 Å². The molecule has 0 spiro atoms. The second kappa shape index (κ2) is 4.06. The zero-order valence-electron chi connectivity index (χ0n) is 9.57. The highest BCUT2D eigenvalue weighted by atomic mass is 16.3. The van der Waals surface area contributed by atoms with Crippen molar-refractivity contribution in [3.05, 3.63) is 0 Å². The van der Waals surface area contributed by atoms with Crippen molar-refractivity contribution in [3.8, 4) is 0 Å². The van der Waals surface area contributed by atoms with E-state index >= 15 is 0 Å². The molecule has 0 unspecified atom stereocenters. The Morgan fingerprint density at radius 1 is 0.933 bits per heavy atom. The number of rotatable bonds is 4. The number of nitrogens with zero attached hydrogens (tertiary/aromatic N) is 1. The zero-order valence-corrected chi connectivity index (χ0v) is 9.57. The Morgan fingerprint density at radius 2 is 1.67 bits per heavy atom. The molecule has 0 aliphatic heterocycles. The average molecular weight is 209 g/mol. The van der Waals surface area contributed by atoms with E-state index in [2.05, 4.69) is 4.90 Å². The molecular formula is C13H23NO. The van der Waals surface area contributed by atoms with Crippen LogP contribution in [0.15, 0.2) is 0 Å². The van der Waals surface area contributed by atoms with Crippen molar-refractivity contribution in [3.63, 3.8) is 0 Å². The predicted octanol–water partition coefficient (Wildman–Crippen LogP) is 2.16. The monoisotopic (exact) mass is 209 g/mol. The van der Waals surface area contributed by atoms with E-state index in [0.29, 0.717) is 6.04 Å². The van der Waals surface area contributed by atoms with Crippen molar-refractivity contribution in [2.75, 3.05) is 6.54 Å². The van der Waals surface area contributed by atoms with E-state index in [0.717, 1.165) is 18.4 Å². The summed E-state index contributed by atoms with van der Waals surface area (Å²) in [5.41, 5.74) is 0. The highest BCUT2D eigenvalue weighted by Gasteiger charge is 2.40. The fourth-order valence-corrected chi connectivity index (χ4v) is 3.04. The Balaban J connectivity index is 1.63. The first-order valence-corrected chi connectivity index (χ1v) is 6.78. The van der Waals surface area contributed by atoms with Crippen molar-refractivity contribution in [1.82, 2.24) is 4.90 Å².